The summed E-state index contributed by atoms with van der Waals surface area (Å²) in [5.41, 5.74) is 4.39. The second-order valence-corrected chi connectivity index (χ2v) is 5.89. The zero-order valence-electron chi connectivity index (χ0n) is 12.2. The molecule has 2 rings (SSSR count). The minimum Gasteiger partial charge on any atom is -0.495 e. The summed E-state index contributed by atoms with van der Waals surface area (Å²) in [4.78, 5) is 2.35. The summed E-state index contributed by atoms with van der Waals surface area (Å²) >= 11 is 1.71. The molecule has 0 N–H and O–H groups in total. The van der Waals surface area contributed by atoms with E-state index in [0.717, 1.165) is 4.90 Å². The van der Waals surface area contributed by atoms with Crippen LogP contribution < -0.4 is 4.74 Å². The van der Waals surface area contributed by atoms with Crippen molar-refractivity contribution in [3.05, 3.63) is 52.6 Å². The zero-order chi connectivity index (χ0) is 14.7. The van der Waals surface area contributed by atoms with E-state index in [2.05, 4.69) is 39.0 Å². The van der Waals surface area contributed by atoms with Gasteiger partial charge in [0.05, 0.1) is 12.7 Å². The third-order valence-corrected chi connectivity index (χ3v) is 4.46. The highest BCUT2D eigenvalue weighted by Crippen LogP contribution is 2.35. The van der Waals surface area contributed by atoms with E-state index in [9.17, 15) is 0 Å². The zero-order valence-corrected chi connectivity index (χ0v) is 13.0. The highest BCUT2D eigenvalue weighted by molar-refractivity contribution is 7.99. The van der Waals surface area contributed by atoms with E-state index in [1.165, 1.54) is 21.6 Å². The van der Waals surface area contributed by atoms with E-state index in [1.54, 1.807) is 24.9 Å². The van der Waals surface area contributed by atoms with E-state index in [1.807, 2.05) is 12.1 Å². The molecule has 2 nitrogen and oxygen atoms in total. The van der Waals surface area contributed by atoms with E-state index in [4.69, 9.17) is 10.00 Å². The molecule has 102 valence electrons. The van der Waals surface area contributed by atoms with Crippen molar-refractivity contribution in [2.24, 2.45) is 0 Å². The Bertz CT molecular complexity index is 663. The van der Waals surface area contributed by atoms with Crippen LogP contribution in [0.25, 0.3) is 0 Å². The van der Waals surface area contributed by atoms with E-state index in [0.29, 0.717) is 11.3 Å². The molecule has 0 aliphatic rings. The van der Waals surface area contributed by atoms with Crippen molar-refractivity contribution in [1.29, 1.82) is 5.26 Å². The Morgan fingerprint density at radius 3 is 2.25 bits per heavy atom. The van der Waals surface area contributed by atoms with Gasteiger partial charge >= 0.3 is 0 Å². The summed E-state index contributed by atoms with van der Waals surface area (Å²) < 4.78 is 5.26. The fourth-order valence-corrected chi connectivity index (χ4v) is 3.25. The molecule has 20 heavy (non-hydrogen) atoms. The molecule has 0 bridgehead atoms. The lowest BCUT2D eigenvalue weighted by atomic mass is 10.1. The number of rotatable bonds is 3. The number of ether oxygens (including phenoxy) is 1. The van der Waals surface area contributed by atoms with E-state index < -0.39 is 0 Å². The normalized spacial score (nSPS) is 10.2. The van der Waals surface area contributed by atoms with Crippen LogP contribution in [0.2, 0.25) is 0 Å². The van der Waals surface area contributed by atoms with Crippen LogP contribution in [0.3, 0.4) is 0 Å². The van der Waals surface area contributed by atoms with Crippen LogP contribution in [0.15, 0.2) is 40.1 Å². The highest BCUT2D eigenvalue weighted by atomic mass is 32.2. The first-order chi connectivity index (χ1) is 9.55. The van der Waals surface area contributed by atoms with Crippen LogP contribution in [-0.4, -0.2) is 7.11 Å². The van der Waals surface area contributed by atoms with Crippen LogP contribution in [-0.2, 0) is 0 Å². The standard InChI is InChI=1S/C17H17NOS/c1-11-7-12(2)17(13(3)8-11)20-15-6-5-14(10-18)16(9-15)19-4/h5-9H,1-4H3. The van der Waals surface area contributed by atoms with Crippen molar-refractivity contribution >= 4 is 11.8 Å². The van der Waals surface area contributed by atoms with Crippen molar-refractivity contribution < 1.29 is 4.74 Å². The van der Waals surface area contributed by atoms with Gasteiger partial charge in [0.2, 0.25) is 0 Å². The first-order valence-corrected chi connectivity index (χ1v) is 7.20. The van der Waals surface area contributed by atoms with Crippen molar-refractivity contribution in [3.8, 4) is 11.8 Å². The van der Waals surface area contributed by atoms with Crippen molar-refractivity contribution in [2.75, 3.05) is 7.11 Å². The summed E-state index contributed by atoms with van der Waals surface area (Å²) in [5, 5.41) is 9.01. The Hall–Kier alpha value is -1.92. The van der Waals surface area contributed by atoms with Gasteiger partial charge in [-0.25, -0.2) is 0 Å². The van der Waals surface area contributed by atoms with Crippen LogP contribution in [0.4, 0.5) is 0 Å². The smallest absolute Gasteiger partial charge is 0.137 e. The van der Waals surface area contributed by atoms with Gasteiger partial charge in [0.25, 0.3) is 0 Å². The lowest BCUT2D eigenvalue weighted by Gasteiger charge is -2.12. The number of hydrogen-bond donors (Lipinski definition) is 0. The molecule has 2 aromatic carbocycles. The Kier molecular flexibility index (Phi) is 4.36. The minimum absolute atomic E-state index is 0.564. The Balaban J connectivity index is 2.38. The molecule has 0 unspecified atom stereocenters. The number of hydrogen-bond acceptors (Lipinski definition) is 3. The van der Waals surface area contributed by atoms with E-state index in [-0.39, 0.29) is 0 Å². The first-order valence-electron chi connectivity index (χ1n) is 6.39. The molecule has 0 spiro atoms. The van der Waals surface area contributed by atoms with Gasteiger partial charge in [-0.05, 0) is 50.1 Å². The van der Waals surface area contributed by atoms with Gasteiger partial charge in [0.15, 0.2) is 0 Å². The number of methoxy groups -OCH3 is 1. The molecule has 0 aromatic heterocycles. The molecule has 0 amide bonds. The average molecular weight is 283 g/mol. The predicted molar refractivity (Wildman–Crippen MR) is 82.5 cm³/mol. The van der Waals surface area contributed by atoms with Gasteiger partial charge in [-0.1, -0.05) is 29.5 Å². The Morgan fingerprint density at radius 1 is 1.05 bits per heavy atom. The fourth-order valence-electron chi connectivity index (χ4n) is 2.27. The molecule has 0 saturated heterocycles. The summed E-state index contributed by atoms with van der Waals surface area (Å²) in [7, 11) is 1.59. The van der Waals surface area contributed by atoms with Crippen molar-refractivity contribution in [1.82, 2.24) is 0 Å². The van der Waals surface area contributed by atoms with Crippen LogP contribution in [0.1, 0.15) is 22.3 Å². The third kappa shape index (κ3) is 2.97. The van der Waals surface area contributed by atoms with Gasteiger partial charge < -0.3 is 4.74 Å². The largest absolute Gasteiger partial charge is 0.495 e. The first kappa shape index (κ1) is 14.5. The van der Waals surface area contributed by atoms with Crippen molar-refractivity contribution in [3.63, 3.8) is 0 Å². The second kappa shape index (κ2) is 6.02. The molecule has 2 aromatic rings. The van der Waals surface area contributed by atoms with Gasteiger partial charge in [-0.15, -0.1) is 0 Å². The molecule has 0 saturated carbocycles. The lowest BCUT2D eigenvalue weighted by Crippen LogP contribution is -1.90. The molecule has 0 atom stereocenters. The van der Waals surface area contributed by atoms with Gasteiger partial charge in [0.1, 0.15) is 11.8 Å². The third-order valence-electron chi connectivity index (χ3n) is 3.12. The van der Waals surface area contributed by atoms with Gasteiger partial charge in [-0.3, -0.25) is 0 Å². The number of nitrogens with zero attached hydrogens (tertiary/aromatic N) is 1. The minimum atomic E-state index is 0.564. The van der Waals surface area contributed by atoms with Crippen LogP contribution >= 0.6 is 11.8 Å². The molecular formula is C17H17NOS. The quantitative estimate of drug-likeness (QED) is 0.822. The molecular weight excluding hydrogens is 266 g/mol. The summed E-state index contributed by atoms with van der Waals surface area (Å²) in [6, 6.07) is 12.2. The molecule has 3 heteroatoms. The number of benzene rings is 2. The van der Waals surface area contributed by atoms with E-state index >= 15 is 0 Å². The molecule has 0 aliphatic carbocycles. The second-order valence-electron chi connectivity index (χ2n) is 4.80. The van der Waals surface area contributed by atoms with Crippen LogP contribution in [0.5, 0.6) is 5.75 Å². The summed E-state index contributed by atoms with van der Waals surface area (Å²) in [6.45, 7) is 6.37. The van der Waals surface area contributed by atoms with Gasteiger partial charge in [0, 0.05) is 9.79 Å². The maximum Gasteiger partial charge on any atom is 0.137 e. The predicted octanol–water partition coefficient (Wildman–Crippen LogP) is 4.64. The summed E-state index contributed by atoms with van der Waals surface area (Å²) in [6.07, 6.45) is 0. The van der Waals surface area contributed by atoms with Crippen molar-refractivity contribution in [2.45, 2.75) is 30.6 Å². The number of aryl methyl sites for hydroxylation is 3. The summed E-state index contributed by atoms with van der Waals surface area (Å²) in [5.74, 6) is 0.625. The SMILES string of the molecule is COc1cc(Sc2c(C)cc(C)cc2C)ccc1C#N. The molecule has 0 radical (unpaired) electrons. The highest BCUT2D eigenvalue weighted by Gasteiger charge is 2.09. The topological polar surface area (TPSA) is 33.0 Å². The Labute approximate surface area is 124 Å². The monoisotopic (exact) mass is 283 g/mol. The fraction of sp³-hybridized carbons (Fsp3) is 0.235. The average Bonchev–Trinajstić information content (AvgIpc) is 2.42. The Morgan fingerprint density at radius 2 is 1.70 bits per heavy atom. The van der Waals surface area contributed by atoms with Crippen LogP contribution in [0, 0.1) is 32.1 Å². The molecule has 0 heterocycles. The molecule has 0 fully saturated rings. The molecule has 0 aliphatic heterocycles. The lowest BCUT2D eigenvalue weighted by molar-refractivity contribution is 0.412. The maximum atomic E-state index is 9.01. The maximum absolute atomic E-state index is 9.01. The van der Waals surface area contributed by atoms with Gasteiger partial charge in [-0.2, -0.15) is 5.26 Å². The number of nitriles is 1.